The lowest BCUT2D eigenvalue weighted by Gasteiger charge is -2.06. The molecule has 1 atom stereocenters. The van der Waals surface area contributed by atoms with Crippen molar-refractivity contribution in [3.05, 3.63) is 30.0 Å². The van der Waals surface area contributed by atoms with E-state index in [1.807, 2.05) is 12.3 Å². The van der Waals surface area contributed by atoms with E-state index in [0.717, 1.165) is 16.5 Å². The molecule has 4 nitrogen and oxygen atoms in total. The molecule has 1 heterocycles. The molecule has 0 bridgehead atoms. The normalized spacial score (nSPS) is 12.9. The monoisotopic (exact) mass is 218 g/mol. The van der Waals surface area contributed by atoms with Crippen LogP contribution in [0.4, 0.5) is 0 Å². The first kappa shape index (κ1) is 10.7. The van der Waals surface area contributed by atoms with Crippen LogP contribution in [0, 0.1) is 0 Å². The number of H-pyrrole nitrogens is 1. The molecule has 2 rings (SSSR count). The smallest absolute Gasteiger partial charge is 0.146 e. The van der Waals surface area contributed by atoms with E-state index in [9.17, 15) is 9.90 Å². The minimum atomic E-state index is -0.465. The lowest BCUT2D eigenvalue weighted by atomic mass is 10.0. The summed E-state index contributed by atoms with van der Waals surface area (Å²) in [5.41, 5.74) is 7.57. The highest BCUT2D eigenvalue weighted by Gasteiger charge is 2.12. The van der Waals surface area contributed by atoms with Crippen molar-refractivity contribution in [2.45, 2.75) is 19.4 Å². The largest absolute Gasteiger partial charge is 0.508 e. The number of hydrogen-bond donors (Lipinski definition) is 3. The number of hydrogen-bond acceptors (Lipinski definition) is 3. The van der Waals surface area contributed by atoms with Gasteiger partial charge >= 0.3 is 0 Å². The van der Waals surface area contributed by atoms with Gasteiger partial charge in [-0.1, -0.05) is 0 Å². The van der Waals surface area contributed by atoms with Crippen LogP contribution in [0.15, 0.2) is 24.4 Å². The zero-order valence-electron chi connectivity index (χ0n) is 9.03. The van der Waals surface area contributed by atoms with Crippen LogP contribution in [-0.4, -0.2) is 21.9 Å². The maximum absolute atomic E-state index is 11.1. The maximum atomic E-state index is 11.1. The first-order valence-electron chi connectivity index (χ1n) is 5.13. The second-order valence-electron chi connectivity index (χ2n) is 3.97. The highest BCUT2D eigenvalue weighted by Crippen LogP contribution is 2.23. The number of phenolic OH excluding ortho intramolecular Hbond substituents is 1. The molecule has 1 aromatic heterocycles. The van der Waals surface area contributed by atoms with Crippen molar-refractivity contribution in [3.63, 3.8) is 0 Å². The number of nitrogens with two attached hydrogens (primary N) is 1. The molecule has 0 unspecified atom stereocenters. The molecular formula is C12H14N2O2. The van der Waals surface area contributed by atoms with Crippen molar-refractivity contribution in [3.8, 4) is 5.75 Å². The molecule has 0 aliphatic carbocycles. The third-order valence-corrected chi connectivity index (χ3v) is 2.71. The van der Waals surface area contributed by atoms with Crippen molar-refractivity contribution in [1.82, 2.24) is 4.98 Å². The number of aromatic hydroxyl groups is 1. The van der Waals surface area contributed by atoms with Crippen molar-refractivity contribution in [2.24, 2.45) is 5.73 Å². The van der Waals surface area contributed by atoms with Gasteiger partial charge in [0.05, 0.1) is 6.04 Å². The molecule has 0 aliphatic heterocycles. The predicted molar refractivity (Wildman–Crippen MR) is 62.3 cm³/mol. The highest BCUT2D eigenvalue weighted by atomic mass is 16.3. The Kier molecular flexibility index (Phi) is 2.66. The van der Waals surface area contributed by atoms with Gasteiger partial charge in [-0.05, 0) is 31.0 Å². The molecular weight excluding hydrogens is 204 g/mol. The van der Waals surface area contributed by atoms with Gasteiger partial charge < -0.3 is 15.8 Å². The number of rotatable bonds is 3. The molecule has 0 radical (unpaired) electrons. The standard InChI is InChI=1S/C12H14N2O2/c1-7(15)11(13)4-8-6-14-12-5-9(16)2-3-10(8)12/h2-3,5-6,11,14,16H,4,13H2,1H3/t11-/m0/s1. The van der Waals surface area contributed by atoms with E-state index in [2.05, 4.69) is 4.98 Å². The number of ketones is 1. The van der Waals surface area contributed by atoms with Crippen molar-refractivity contribution in [2.75, 3.05) is 0 Å². The third-order valence-electron chi connectivity index (χ3n) is 2.71. The summed E-state index contributed by atoms with van der Waals surface area (Å²) in [6.45, 7) is 1.49. The van der Waals surface area contributed by atoms with E-state index in [1.165, 1.54) is 6.92 Å². The first-order chi connectivity index (χ1) is 7.58. The highest BCUT2D eigenvalue weighted by molar-refractivity contribution is 5.86. The summed E-state index contributed by atoms with van der Waals surface area (Å²) in [6, 6.07) is 4.63. The Balaban J connectivity index is 2.35. The van der Waals surface area contributed by atoms with Crippen LogP contribution in [0.5, 0.6) is 5.75 Å². The molecule has 16 heavy (non-hydrogen) atoms. The lowest BCUT2D eigenvalue weighted by molar-refractivity contribution is -0.118. The lowest BCUT2D eigenvalue weighted by Crippen LogP contribution is -2.30. The number of benzene rings is 1. The van der Waals surface area contributed by atoms with Crippen molar-refractivity contribution in [1.29, 1.82) is 0 Å². The number of nitrogens with one attached hydrogen (secondary N) is 1. The average molecular weight is 218 g/mol. The molecule has 0 aliphatic rings. The van der Waals surface area contributed by atoms with Crippen LogP contribution in [0.3, 0.4) is 0 Å². The van der Waals surface area contributed by atoms with Crippen LogP contribution >= 0.6 is 0 Å². The summed E-state index contributed by atoms with van der Waals surface area (Å²) >= 11 is 0. The van der Waals surface area contributed by atoms with Gasteiger partial charge in [-0.15, -0.1) is 0 Å². The number of aromatic amines is 1. The zero-order chi connectivity index (χ0) is 11.7. The van der Waals surface area contributed by atoms with Gasteiger partial charge in [0.15, 0.2) is 0 Å². The number of carbonyl (C=O) groups is 1. The number of fused-ring (bicyclic) bond motifs is 1. The minimum Gasteiger partial charge on any atom is -0.508 e. The summed E-state index contributed by atoms with van der Waals surface area (Å²) in [5, 5.41) is 10.3. The van der Waals surface area contributed by atoms with E-state index in [0.29, 0.717) is 6.42 Å². The van der Waals surface area contributed by atoms with E-state index in [4.69, 9.17) is 5.73 Å². The number of Topliss-reactive ketones (excluding diaryl/α,β-unsaturated/α-hetero) is 1. The molecule has 1 aromatic carbocycles. The van der Waals surface area contributed by atoms with Crippen LogP contribution in [0.25, 0.3) is 10.9 Å². The van der Waals surface area contributed by atoms with Crippen LogP contribution in [0.1, 0.15) is 12.5 Å². The van der Waals surface area contributed by atoms with Gasteiger partial charge in [0, 0.05) is 23.2 Å². The van der Waals surface area contributed by atoms with Crippen LogP contribution in [0.2, 0.25) is 0 Å². The van der Waals surface area contributed by atoms with Gasteiger partial charge in [0.25, 0.3) is 0 Å². The molecule has 4 heteroatoms. The Morgan fingerprint density at radius 1 is 1.56 bits per heavy atom. The van der Waals surface area contributed by atoms with Crippen LogP contribution in [-0.2, 0) is 11.2 Å². The van der Waals surface area contributed by atoms with Gasteiger partial charge in [0.1, 0.15) is 11.5 Å². The second-order valence-corrected chi connectivity index (χ2v) is 3.97. The molecule has 2 aromatic rings. The summed E-state index contributed by atoms with van der Waals surface area (Å²) in [5.74, 6) is 0.199. The fourth-order valence-electron chi connectivity index (χ4n) is 1.72. The van der Waals surface area contributed by atoms with E-state index in [1.54, 1.807) is 12.1 Å². The quantitative estimate of drug-likeness (QED) is 0.727. The molecule has 0 spiro atoms. The second kappa shape index (κ2) is 3.98. The van der Waals surface area contributed by atoms with Crippen molar-refractivity contribution < 1.29 is 9.90 Å². The van der Waals surface area contributed by atoms with Gasteiger partial charge in [-0.2, -0.15) is 0 Å². The Morgan fingerprint density at radius 3 is 3.00 bits per heavy atom. The zero-order valence-corrected chi connectivity index (χ0v) is 9.03. The predicted octanol–water partition coefficient (Wildman–Crippen LogP) is 1.33. The molecule has 4 N–H and O–H groups in total. The molecule has 0 saturated carbocycles. The SMILES string of the molecule is CC(=O)[C@@H](N)Cc1c[nH]c2cc(O)ccc12. The Labute approximate surface area is 93.1 Å². The third kappa shape index (κ3) is 1.92. The maximum Gasteiger partial charge on any atom is 0.146 e. The Bertz CT molecular complexity index is 531. The summed E-state index contributed by atoms with van der Waals surface area (Å²) in [7, 11) is 0. The van der Waals surface area contributed by atoms with Gasteiger partial charge in [-0.3, -0.25) is 4.79 Å². The minimum absolute atomic E-state index is 0.0203. The molecule has 0 saturated heterocycles. The molecule has 0 fully saturated rings. The Morgan fingerprint density at radius 2 is 2.31 bits per heavy atom. The van der Waals surface area contributed by atoms with Gasteiger partial charge in [-0.25, -0.2) is 0 Å². The summed E-state index contributed by atoms with van der Waals surface area (Å²) in [6.07, 6.45) is 2.34. The average Bonchev–Trinajstić information content (AvgIpc) is 2.60. The van der Waals surface area contributed by atoms with E-state index >= 15 is 0 Å². The summed E-state index contributed by atoms with van der Waals surface area (Å²) < 4.78 is 0. The van der Waals surface area contributed by atoms with E-state index in [-0.39, 0.29) is 11.5 Å². The van der Waals surface area contributed by atoms with Crippen molar-refractivity contribution >= 4 is 16.7 Å². The number of phenols is 1. The van der Waals surface area contributed by atoms with Gasteiger partial charge in [0.2, 0.25) is 0 Å². The number of carbonyl (C=O) groups excluding carboxylic acids is 1. The first-order valence-corrected chi connectivity index (χ1v) is 5.13. The molecule has 84 valence electrons. The Hall–Kier alpha value is -1.81. The fraction of sp³-hybridized carbons (Fsp3) is 0.250. The topological polar surface area (TPSA) is 79.1 Å². The van der Waals surface area contributed by atoms with E-state index < -0.39 is 6.04 Å². The fourth-order valence-corrected chi connectivity index (χ4v) is 1.72. The van der Waals surface area contributed by atoms with Crippen LogP contribution < -0.4 is 5.73 Å². The summed E-state index contributed by atoms with van der Waals surface area (Å²) in [4.78, 5) is 14.1. The number of aromatic nitrogens is 1. The molecule has 0 amide bonds.